The molecule has 0 saturated carbocycles. The zero-order chi connectivity index (χ0) is 15.8. The standard InChI is InChI=1S/C13H9.C5H5.C3H6.Zr/c1-3-7-12-10(5-1)9-11-6-2-4-8-13(11)12;1-2-4-5-3-1;1-3-2;/h1-9H;1-3H,4H2;1-2H3;/q2*-1;;+2. The third-order valence-corrected chi connectivity index (χ3v) is 3.11. The molecule has 1 heteroatoms. The Hall–Kier alpha value is -1.46. The molecule has 22 heavy (non-hydrogen) atoms. The van der Waals surface area contributed by atoms with Gasteiger partial charge in [-0.15, -0.1) is 46.2 Å². The van der Waals surface area contributed by atoms with Crippen molar-refractivity contribution in [2.24, 2.45) is 0 Å². The summed E-state index contributed by atoms with van der Waals surface area (Å²) in [6, 6.07) is 19.3. The van der Waals surface area contributed by atoms with Gasteiger partial charge in [0, 0.05) is 0 Å². The van der Waals surface area contributed by atoms with Gasteiger partial charge in [0.2, 0.25) is 0 Å². The summed E-state index contributed by atoms with van der Waals surface area (Å²) in [4.78, 5) is 0. The molecule has 0 bridgehead atoms. The molecule has 1 aliphatic carbocycles. The minimum absolute atomic E-state index is 1.01. The monoisotopic (exact) mass is 362 g/mol. The van der Waals surface area contributed by atoms with Gasteiger partial charge in [0.1, 0.15) is 0 Å². The van der Waals surface area contributed by atoms with E-state index >= 15 is 0 Å². The van der Waals surface area contributed by atoms with Gasteiger partial charge in [-0.25, -0.2) is 12.2 Å². The number of rotatable bonds is 0. The maximum atomic E-state index is 2.99. The van der Waals surface area contributed by atoms with E-state index in [1.807, 2.05) is 12.2 Å². The van der Waals surface area contributed by atoms with Gasteiger partial charge in [0.05, 0.1) is 0 Å². The van der Waals surface area contributed by atoms with E-state index in [0.29, 0.717) is 0 Å². The van der Waals surface area contributed by atoms with Gasteiger partial charge in [0.15, 0.2) is 0 Å². The fraction of sp³-hybridized carbons (Fsp3) is 0.143. The Labute approximate surface area is 147 Å². The Kier molecular flexibility index (Phi) is 6.81. The SMILES string of the molecule is C[C](C)=[Zr+2].[C-]1=CC=CC1.c1ccc2c(c1)[cH-]c1ccccc12. The van der Waals surface area contributed by atoms with Crippen LogP contribution in [0.5, 0.6) is 0 Å². The summed E-state index contributed by atoms with van der Waals surface area (Å²) in [7, 11) is 0. The third kappa shape index (κ3) is 5.07. The maximum Gasteiger partial charge on any atom is -0.0771 e. The first-order valence-corrected chi connectivity index (χ1v) is 8.68. The molecule has 0 atom stereocenters. The van der Waals surface area contributed by atoms with Gasteiger partial charge >= 0.3 is 41.3 Å². The molecule has 0 aliphatic heterocycles. The van der Waals surface area contributed by atoms with Crippen LogP contribution in [0.15, 0.2) is 72.8 Å². The van der Waals surface area contributed by atoms with E-state index in [1.165, 1.54) is 24.8 Å². The molecule has 0 nitrogen and oxygen atoms in total. The first-order chi connectivity index (χ1) is 10.7. The Morgan fingerprint density at radius 1 is 0.955 bits per heavy atom. The van der Waals surface area contributed by atoms with Crippen LogP contribution in [0.2, 0.25) is 0 Å². The average molecular weight is 364 g/mol. The van der Waals surface area contributed by atoms with E-state index in [4.69, 9.17) is 0 Å². The molecular weight excluding hydrogens is 343 g/mol. The molecule has 108 valence electrons. The van der Waals surface area contributed by atoms with Crippen LogP contribution < -0.4 is 0 Å². The van der Waals surface area contributed by atoms with Crippen LogP contribution in [0.3, 0.4) is 0 Å². The first kappa shape index (κ1) is 16.9. The van der Waals surface area contributed by atoms with Crippen molar-refractivity contribution < 1.29 is 24.2 Å². The van der Waals surface area contributed by atoms with Gasteiger partial charge in [-0.1, -0.05) is 36.4 Å². The summed E-state index contributed by atoms with van der Waals surface area (Å²) < 4.78 is 1.51. The van der Waals surface area contributed by atoms with Crippen molar-refractivity contribution in [1.82, 2.24) is 0 Å². The Morgan fingerprint density at radius 3 is 1.82 bits per heavy atom. The molecule has 0 fully saturated rings. The van der Waals surface area contributed by atoms with Gasteiger partial charge in [-0.3, -0.25) is 6.08 Å². The zero-order valence-electron chi connectivity index (χ0n) is 13.1. The topological polar surface area (TPSA) is 0 Å². The van der Waals surface area contributed by atoms with E-state index in [2.05, 4.69) is 80.6 Å². The maximum absolute atomic E-state index is 2.99. The number of allylic oxidation sites excluding steroid dienone is 4. The fourth-order valence-electron chi connectivity index (χ4n) is 2.24. The Balaban J connectivity index is 0.000000163. The summed E-state index contributed by atoms with van der Waals surface area (Å²) in [5.74, 6) is 0. The normalized spacial score (nSPS) is 11.8. The van der Waals surface area contributed by atoms with Gasteiger partial charge < -0.3 is 0 Å². The molecule has 0 heterocycles. The predicted octanol–water partition coefficient (Wildman–Crippen LogP) is 5.76. The number of hydrogen-bond acceptors (Lipinski definition) is 0. The first-order valence-electron chi connectivity index (χ1n) is 7.45. The summed E-state index contributed by atoms with van der Waals surface area (Å²) >= 11 is 1.55. The van der Waals surface area contributed by atoms with E-state index in [-0.39, 0.29) is 0 Å². The van der Waals surface area contributed by atoms with Crippen molar-refractivity contribution in [2.75, 3.05) is 0 Å². The van der Waals surface area contributed by atoms with Crippen LogP contribution in [0.1, 0.15) is 20.3 Å². The van der Waals surface area contributed by atoms with Crippen molar-refractivity contribution in [1.29, 1.82) is 0 Å². The number of fused-ring (bicyclic) bond motifs is 3. The molecule has 0 unspecified atom stereocenters. The summed E-state index contributed by atoms with van der Waals surface area (Å²) in [6.07, 6.45) is 10.0. The van der Waals surface area contributed by atoms with Crippen LogP contribution in [0.25, 0.3) is 21.5 Å². The molecule has 3 aromatic rings. The molecule has 0 amide bonds. The molecule has 1 aliphatic rings. The molecule has 4 rings (SSSR count). The molecule has 3 aromatic carbocycles. The van der Waals surface area contributed by atoms with Crippen LogP contribution in [0, 0.1) is 6.08 Å². The van der Waals surface area contributed by atoms with Crippen LogP contribution in [0.4, 0.5) is 0 Å². The van der Waals surface area contributed by atoms with Crippen molar-refractivity contribution >= 4 is 24.8 Å². The quantitative estimate of drug-likeness (QED) is 0.445. The second-order valence-electron chi connectivity index (χ2n) is 5.32. The van der Waals surface area contributed by atoms with Gasteiger partial charge in [-0.05, 0) is 0 Å². The molecule has 0 aromatic heterocycles. The largest absolute Gasteiger partial charge is 0.273 e. The van der Waals surface area contributed by atoms with Gasteiger partial charge in [-0.2, -0.15) is 6.08 Å². The summed E-state index contributed by atoms with van der Waals surface area (Å²) in [5.41, 5.74) is 0. The smallest absolute Gasteiger partial charge is 0.0771 e. The van der Waals surface area contributed by atoms with Crippen LogP contribution >= 0.6 is 0 Å². The second-order valence-corrected chi connectivity index (χ2v) is 7.78. The average Bonchev–Trinajstić information content (AvgIpc) is 3.18. The van der Waals surface area contributed by atoms with Crippen molar-refractivity contribution in [3.8, 4) is 0 Å². The molecule has 0 spiro atoms. The van der Waals surface area contributed by atoms with E-state index in [1.54, 1.807) is 24.2 Å². The van der Waals surface area contributed by atoms with E-state index in [9.17, 15) is 0 Å². The van der Waals surface area contributed by atoms with Crippen molar-refractivity contribution in [3.05, 3.63) is 78.9 Å². The predicted molar refractivity (Wildman–Crippen MR) is 95.0 cm³/mol. The summed E-state index contributed by atoms with van der Waals surface area (Å²) in [5, 5.41) is 5.39. The minimum atomic E-state index is 1.01. The number of hydrogen-bond donors (Lipinski definition) is 0. The summed E-state index contributed by atoms with van der Waals surface area (Å²) in [6.45, 7) is 4.25. The fourth-order valence-corrected chi connectivity index (χ4v) is 2.24. The van der Waals surface area contributed by atoms with E-state index < -0.39 is 0 Å². The Morgan fingerprint density at radius 2 is 1.45 bits per heavy atom. The molecule has 0 radical (unpaired) electrons. The second kappa shape index (κ2) is 8.86. The molecule has 0 saturated heterocycles. The number of benzene rings is 2. The zero-order valence-corrected chi connectivity index (χ0v) is 15.6. The molecule has 0 N–H and O–H groups in total. The van der Waals surface area contributed by atoms with Gasteiger partial charge in [0.25, 0.3) is 0 Å². The minimum Gasteiger partial charge on any atom is -0.273 e. The van der Waals surface area contributed by atoms with Crippen molar-refractivity contribution in [3.63, 3.8) is 0 Å². The van der Waals surface area contributed by atoms with Crippen LogP contribution in [-0.2, 0) is 24.2 Å². The third-order valence-electron chi connectivity index (χ3n) is 3.11. The van der Waals surface area contributed by atoms with Crippen LogP contribution in [-0.4, -0.2) is 3.21 Å². The molecular formula is C21H20Zr. The van der Waals surface area contributed by atoms with E-state index in [0.717, 1.165) is 6.42 Å². The van der Waals surface area contributed by atoms with Crippen molar-refractivity contribution in [2.45, 2.75) is 20.3 Å². The Bertz CT molecular complexity index is 739.